The molecule has 0 aliphatic carbocycles. The number of amides is 1. The molecule has 0 unspecified atom stereocenters. The van der Waals surface area contributed by atoms with Crippen LogP contribution in [0.3, 0.4) is 0 Å². The predicted octanol–water partition coefficient (Wildman–Crippen LogP) is -0.282. The smallest absolute Gasteiger partial charge is 0.252 e. The number of hydrogen-bond donors (Lipinski definition) is 1. The lowest BCUT2D eigenvalue weighted by Crippen LogP contribution is -2.35. The third-order valence-electron chi connectivity index (χ3n) is 4.32. The molecular formula is C14H19N3O4S. The molecule has 1 amide bonds. The van der Waals surface area contributed by atoms with E-state index < -0.39 is 10.0 Å². The molecule has 0 aromatic carbocycles. The first kappa shape index (κ1) is 15.4. The van der Waals surface area contributed by atoms with E-state index in [0.717, 1.165) is 0 Å². The Hall–Kier alpha value is -1.51. The number of carbonyl (C=O) groups is 1. The van der Waals surface area contributed by atoms with E-state index >= 15 is 0 Å². The molecule has 7 nitrogen and oxygen atoms in total. The van der Waals surface area contributed by atoms with Crippen molar-refractivity contribution in [3.8, 4) is 0 Å². The van der Waals surface area contributed by atoms with Crippen molar-refractivity contribution < 1.29 is 17.9 Å². The lowest BCUT2D eigenvalue weighted by atomic mass is 9.93. The summed E-state index contributed by atoms with van der Waals surface area (Å²) in [5.74, 6) is 0.107. The summed E-state index contributed by atoms with van der Waals surface area (Å²) in [4.78, 5) is 15.9. The standard InChI is InChI=1S/C14H19N3O4S/c1-22(19,20)17-7-12-11(9-21-13(12)8-17)6-16-14(18)10-3-2-4-15-5-10/h2-5,11-13H,6-9H2,1H3,(H,16,18)/t11-,12+,13+/m0/s1. The molecule has 2 fully saturated rings. The van der Waals surface area contributed by atoms with E-state index in [9.17, 15) is 13.2 Å². The molecule has 1 N–H and O–H groups in total. The maximum Gasteiger partial charge on any atom is 0.252 e. The lowest BCUT2D eigenvalue weighted by molar-refractivity contribution is 0.0932. The Morgan fingerprint density at radius 3 is 3.00 bits per heavy atom. The molecule has 0 saturated carbocycles. The fourth-order valence-electron chi connectivity index (χ4n) is 3.07. The van der Waals surface area contributed by atoms with Gasteiger partial charge in [0, 0.05) is 43.9 Å². The van der Waals surface area contributed by atoms with E-state index in [1.165, 1.54) is 16.8 Å². The number of fused-ring (bicyclic) bond motifs is 1. The molecule has 3 heterocycles. The second kappa shape index (κ2) is 5.94. The predicted molar refractivity (Wildman–Crippen MR) is 79.7 cm³/mol. The first-order chi connectivity index (χ1) is 10.4. The Labute approximate surface area is 129 Å². The summed E-state index contributed by atoms with van der Waals surface area (Å²) in [5, 5.41) is 2.88. The fraction of sp³-hybridized carbons (Fsp3) is 0.571. The van der Waals surface area contributed by atoms with E-state index in [1.54, 1.807) is 18.3 Å². The van der Waals surface area contributed by atoms with Crippen LogP contribution >= 0.6 is 0 Å². The summed E-state index contributed by atoms with van der Waals surface area (Å²) < 4.78 is 30.4. The Bertz CT molecular complexity index is 649. The summed E-state index contributed by atoms with van der Waals surface area (Å²) in [7, 11) is -3.18. The van der Waals surface area contributed by atoms with Crippen LogP contribution in [0.15, 0.2) is 24.5 Å². The van der Waals surface area contributed by atoms with E-state index in [-0.39, 0.29) is 23.8 Å². The number of ether oxygens (including phenoxy) is 1. The highest BCUT2D eigenvalue weighted by atomic mass is 32.2. The van der Waals surface area contributed by atoms with Crippen molar-refractivity contribution in [1.29, 1.82) is 0 Å². The van der Waals surface area contributed by atoms with Gasteiger partial charge < -0.3 is 10.1 Å². The van der Waals surface area contributed by atoms with Gasteiger partial charge in [-0.25, -0.2) is 8.42 Å². The van der Waals surface area contributed by atoms with Crippen LogP contribution in [0.2, 0.25) is 0 Å². The van der Waals surface area contributed by atoms with Gasteiger partial charge in [0.05, 0.1) is 24.5 Å². The Balaban J connectivity index is 1.57. The van der Waals surface area contributed by atoms with Crippen molar-refractivity contribution in [3.05, 3.63) is 30.1 Å². The average Bonchev–Trinajstić information content (AvgIpc) is 3.06. The first-order valence-corrected chi connectivity index (χ1v) is 9.05. The van der Waals surface area contributed by atoms with Gasteiger partial charge in [-0.3, -0.25) is 9.78 Å². The third kappa shape index (κ3) is 3.13. The summed E-state index contributed by atoms with van der Waals surface area (Å²) in [6.45, 7) is 1.92. The van der Waals surface area contributed by atoms with Gasteiger partial charge in [0.25, 0.3) is 5.91 Å². The Kier molecular flexibility index (Phi) is 4.16. The van der Waals surface area contributed by atoms with Crippen LogP contribution in [0.5, 0.6) is 0 Å². The number of carbonyl (C=O) groups excluding carboxylic acids is 1. The zero-order valence-corrected chi connectivity index (χ0v) is 13.1. The van der Waals surface area contributed by atoms with Gasteiger partial charge in [-0.2, -0.15) is 4.31 Å². The molecular weight excluding hydrogens is 306 g/mol. The number of pyridine rings is 1. The topological polar surface area (TPSA) is 88.6 Å². The number of hydrogen-bond acceptors (Lipinski definition) is 5. The molecule has 3 rings (SSSR count). The third-order valence-corrected chi connectivity index (χ3v) is 5.56. The largest absolute Gasteiger partial charge is 0.376 e. The van der Waals surface area contributed by atoms with Gasteiger partial charge in [0.1, 0.15) is 0 Å². The maximum absolute atomic E-state index is 12.0. The molecule has 22 heavy (non-hydrogen) atoms. The second-order valence-corrected chi connectivity index (χ2v) is 7.81. The van der Waals surface area contributed by atoms with Gasteiger partial charge in [-0.05, 0) is 12.1 Å². The number of nitrogens with zero attached hydrogens (tertiary/aromatic N) is 2. The molecule has 2 aliphatic heterocycles. The van der Waals surface area contributed by atoms with Gasteiger partial charge in [-0.1, -0.05) is 0 Å². The molecule has 0 radical (unpaired) electrons. The number of sulfonamides is 1. The van der Waals surface area contributed by atoms with Crippen LogP contribution in [0.1, 0.15) is 10.4 Å². The highest BCUT2D eigenvalue weighted by Gasteiger charge is 2.46. The molecule has 120 valence electrons. The summed E-state index contributed by atoms with van der Waals surface area (Å²) in [5.41, 5.74) is 0.516. The van der Waals surface area contributed by atoms with E-state index in [2.05, 4.69) is 10.3 Å². The van der Waals surface area contributed by atoms with Crippen LogP contribution in [0, 0.1) is 11.8 Å². The van der Waals surface area contributed by atoms with Crippen molar-refractivity contribution in [1.82, 2.24) is 14.6 Å². The molecule has 8 heteroatoms. The van der Waals surface area contributed by atoms with Crippen molar-refractivity contribution in [2.45, 2.75) is 6.10 Å². The average molecular weight is 325 g/mol. The molecule has 0 spiro atoms. The summed E-state index contributed by atoms with van der Waals surface area (Å²) in [6.07, 6.45) is 4.29. The molecule has 2 aliphatic rings. The number of rotatable bonds is 4. The SMILES string of the molecule is CS(=O)(=O)N1C[C@@H]2[C@@H](CNC(=O)c3cccnc3)CO[C@@H]2C1. The molecule has 1 aromatic rings. The van der Waals surface area contributed by atoms with Crippen LogP contribution in [0.25, 0.3) is 0 Å². The van der Waals surface area contributed by atoms with Crippen LogP contribution < -0.4 is 5.32 Å². The number of nitrogens with one attached hydrogen (secondary N) is 1. The van der Waals surface area contributed by atoms with Crippen molar-refractivity contribution in [2.24, 2.45) is 11.8 Å². The summed E-state index contributed by atoms with van der Waals surface area (Å²) >= 11 is 0. The Morgan fingerprint density at radius 2 is 2.32 bits per heavy atom. The monoisotopic (exact) mass is 325 g/mol. The minimum atomic E-state index is -3.18. The van der Waals surface area contributed by atoms with Gasteiger partial charge >= 0.3 is 0 Å². The van der Waals surface area contributed by atoms with E-state index in [4.69, 9.17) is 4.74 Å². The van der Waals surface area contributed by atoms with Crippen molar-refractivity contribution >= 4 is 15.9 Å². The van der Waals surface area contributed by atoms with Crippen LogP contribution in [-0.4, -0.2) is 62.2 Å². The fourth-order valence-corrected chi connectivity index (χ4v) is 3.93. The zero-order valence-electron chi connectivity index (χ0n) is 12.3. The molecule has 2 saturated heterocycles. The van der Waals surface area contributed by atoms with E-state index in [0.29, 0.717) is 31.8 Å². The van der Waals surface area contributed by atoms with Gasteiger partial charge in [0.15, 0.2) is 0 Å². The second-order valence-electron chi connectivity index (χ2n) is 5.83. The zero-order chi connectivity index (χ0) is 15.7. The molecule has 1 aromatic heterocycles. The normalized spacial score (nSPS) is 28.5. The highest BCUT2D eigenvalue weighted by Crippen LogP contribution is 2.34. The van der Waals surface area contributed by atoms with Gasteiger partial charge in [0.2, 0.25) is 10.0 Å². The Morgan fingerprint density at radius 1 is 1.50 bits per heavy atom. The molecule has 0 bridgehead atoms. The summed E-state index contributed by atoms with van der Waals surface area (Å²) in [6, 6.07) is 3.42. The van der Waals surface area contributed by atoms with Crippen molar-refractivity contribution in [2.75, 3.05) is 32.5 Å². The number of aromatic nitrogens is 1. The van der Waals surface area contributed by atoms with Crippen LogP contribution in [-0.2, 0) is 14.8 Å². The quantitative estimate of drug-likeness (QED) is 0.822. The van der Waals surface area contributed by atoms with Crippen molar-refractivity contribution in [3.63, 3.8) is 0 Å². The van der Waals surface area contributed by atoms with Gasteiger partial charge in [-0.15, -0.1) is 0 Å². The van der Waals surface area contributed by atoms with Crippen LogP contribution in [0.4, 0.5) is 0 Å². The first-order valence-electron chi connectivity index (χ1n) is 7.20. The highest BCUT2D eigenvalue weighted by molar-refractivity contribution is 7.88. The minimum absolute atomic E-state index is 0.0602. The van der Waals surface area contributed by atoms with E-state index in [1.807, 2.05) is 0 Å². The molecule has 3 atom stereocenters. The lowest BCUT2D eigenvalue weighted by Gasteiger charge is -2.18. The minimum Gasteiger partial charge on any atom is -0.376 e. The maximum atomic E-state index is 12.0.